The van der Waals surface area contributed by atoms with Crippen LogP contribution < -0.4 is 11.1 Å². The average molecular weight is 283 g/mol. The lowest BCUT2D eigenvalue weighted by atomic mass is 10.1. The van der Waals surface area contributed by atoms with Crippen molar-refractivity contribution < 1.29 is 0 Å². The van der Waals surface area contributed by atoms with Gasteiger partial charge in [-0.15, -0.1) is 11.3 Å². The summed E-state index contributed by atoms with van der Waals surface area (Å²) in [5, 5.41) is 7.78. The molecule has 0 amide bonds. The summed E-state index contributed by atoms with van der Waals surface area (Å²) in [5.41, 5.74) is 8.07. The quantitative estimate of drug-likeness (QED) is 0.696. The Morgan fingerprint density at radius 3 is 2.95 bits per heavy atom. The Morgan fingerprint density at radius 2 is 2.20 bits per heavy atom. The summed E-state index contributed by atoms with van der Waals surface area (Å²) < 4.78 is 0. The number of anilines is 2. The fourth-order valence-electron chi connectivity index (χ4n) is 2.37. The Balaban J connectivity index is 1.96. The van der Waals surface area contributed by atoms with Gasteiger partial charge in [-0.05, 0) is 30.0 Å². The van der Waals surface area contributed by atoms with E-state index >= 15 is 0 Å². The lowest BCUT2D eigenvalue weighted by Crippen LogP contribution is -2.09. The van der Waals surface area contributed by atoms with Crippen molar-refractivity contribution in [1.82, 2.24) is 4.98 Å². The number of rotatable bonds is 4. The molecule has 102 valence electrons. The summed E-state index contributed by atoms with van der Waals surface area (Å²) in [6, 6.07) is 10.6. The van der Waals surface area contributed by atoms with E-state index in [9.17, 15) is 0 Å². The Bertz CT molecular complexity index is 707. The van der Waals surface area contributed by atoms with Gasteiger partial charge in [-0.2, -0.15) is 0 Å². The SMILES string of the molecule is CCC(Nc1ccc2cnccc2c1N)c1cccs1. The number of pyridine rings is 1. The Kier molecular flexibility index (Phi) is 3.56. The van der Waals surface area contributed by atoms with Crippen molar-refractivity contribution >= 4 is 33.5 Å². The molecule has 1 aromatic carbocycles. The third-order valence-corrected chi connectivity index (χ3v) is 4.47. The highest BCUT2D eigenvalue weighted by molar-refractivity contribution is 7.10. The van der Waals surface area contributed by atoms with E-state index in [0.29, 0.717) is 6.04 Å². The summed E-state index contributed by atoms with van der Waals surface area (Å²) in [6.07, 6.45) is 4.64. The normalized spacial score (nSPS) is 12.4. The van der Waals surface area contributed by atoms with Gasteiger partial charge in [-0.3, -0.25) is 4.98 Å². The van der Waals surface area contributed by atoms with Gasteiger partial charge in [0.05, 0.1) is 17.4 Å². The van der Waals surface area contributed by atoms with E-state index in [2.05, 4.69) is 40.8 Å². The number of thiophene rings is 1. The first-order valence-corrected chi connectivity index (χ1v) is 7.59. The second-order valence-corrected chi connectivity index (χ2v) is 5.72. The molecule has 0 saturated carbocycles. The van der Waals surface area contributed by atoms with E-state index in [4.69, 9.17) is 5.73 Å². The van der Waals surface area contributed by atoms with Crippen molar-refractivity contribution in [3.8, 4) is 0 Å². The summed E-state index contributed by atoms with van der Waals surface area (Å²) in [5.74, 6) is 0. The molecule has 0 fully saturated rings. The molecule has 0 radical (unpaired) electrons. The highest BCUT2D eigenvalue weighted by atomic mass is 32.1. The minimum absolute atomic E-state index is 0.302. The maximum atomic E-state index is 6.29. The lowest BCUT2D eigenvalue weighted by molar-refractivity contribution is 0.764. The van der Waals surface area contributed by atoms with Gasteiger partial charge >= 0.3 is 0 Å². The molecule has 1 unspecified atom stereocenters. The first-order valence-electron chi connectivity index (χ1n) is 6.71. The zero-order valence-corrected chi connectivity index (χ0v) is 12.2. The van der Waals surface area contributed by atoms with E-state index in [-0.39, 0.29) is 0 Å². The predicted octanol–water partition coefficient (Wildman–Crippen LogP) is 4.44. The van der Waals surface area contributed by atoms with Crippen molar-refractivity contribution in [2.45, 2.75) is 19.4 Å². The van der Waals surface area contributed by atoms with Crippen LogP contribution >= 0.6 is 11.3 Å². The largest absolute Gasteiger partial charge is 0.397 e. The molecule has 0 bridgehead atoms. The van der Waals surface area contributed by atoms with Crippen molar-refractivity contribution in [3.05, 3.63) is 53.0 Å². The molecule has 1 atom stereocenters. The molecule has 2 aromatic heterocycles. The molecule has 3 aromatic rings. The number of benzene rings is 1. The van der Waals surface area contributed by atoms with Crippen LogP contribution in [0.15, 0.2) is 48.1 Å². The van der Waals surface area contributed by atoms with Crippen molar-refractivity contribution in [3.63, 3.8) is 0 Å². The molecular weight excluding hydrogens is 266 g/mol. The van der Waals surface area contributed by atoms with E-state index in [1.807, 2.05) is 18.3 Å². The van der Waals surface area contributed by atoms with Gasteiger partial charge in [-0.1, -0.05) is 19.1 Å². The molecule has 3 N–H and O–H groups in total. The molecule has 0 aliphatic rings. The zero-order chi connectivity index (χ0) is 13.9. The third kappa shape index (κ3) is 2.34. The van der Waals surface area contributed by atoms with Crippen LogP contribution in [0.3, 0.4) is 0 Å². The van der Waals surface area contributed by atoms with E-state index in [1.165, 1.54) is 4.88 Å². The van der Waals surface area contributed by atoms with Gasteiger partial charge in [0, 0.05) is 28.0 Å². The van der Waals surface area contributed by atoms with E-state index in [1.54, 1.807) is 17.5 Å². The average Bonchev–Trinajstić information content (AvgIpc) is 3.01. The third-order valence-electron chi connectivity index (χ3n) is 3.49. The number of nitrogens with two attached hydrogens (primary N) is 1. The predicted molar refractivity (Wildman–Crippen MR) is 87.1 cm³/mol. The van der Waals surface area contributed by atoms with Crippen LogP contribution in [0.4, 0.5) is 11.4 Å². The maximum Gasteiger partial charge on any atom is 0.0630 e. The number of fused-ring (bicyclic) bond motifs is 1. The summed E-state index contributed by atoms with van der Waals surface area (Å²) in [7, 11) is 0. The minimum Gasteiger partial charge on any atom is -0.397 e. The van der Waals surface area contributed by atoms with Gasteiger partial charge in [0.2, 0.25) is 0 Å². The van der Waals surface area contributed by atoms with Gasteiger partial charge in [-0.25, -0.2) is 0 Å². The smallest absolute Gasteiger partial charge is 0.0630 e. The number of hydrogen-bond donors (Lipinski definition) is 2. The number of nitrogens with zero attached hydrogens (tertiary/aromatic N) is 1. The highest BCUT2D eigenvalue weighted by Crippen LogP contribution is 2.32. The fraction of sp³-hybridized carbons (Fsp3) is 0.188. The number of nitrogen functional groups attached to an aromatic ring is 1. The van der Waals surface area contributed by atoms with E-state index < -0.39 is 0 Å². The van der Waals surface area contributed by atoms with Crippen molar-refractivity contribution in [2.75, 3.05) is 11.1 Å². The summed E-state index contributed by atoms with van der Waals surface area (Å²) in [4.78, 5) is 5.46. The Morgan fingerprint density at radius 1 is 1.30 bits per heavy atom. The van der Waals surface area contributed by atoms with Gasteiger partial charge in [0.15, 0.2) is 0 Å². The molecular formula is C16H17N3S. The highest BCUT2D eigenvalue weighted by Gasteiger charge is 2.12. The van der Waals surface area contributed by atoms with Crippen molar-refractivity contribution in [2.24, 2.45) is 0 Å². The Hall–Kier alpha value is -2.07. The topological polar surface area (TPSA) is 50.9 Å². The van der Waals surface area contributed by atoms with Crippen LogP contribution in [0.5, 0.6) is 0 Å². The van der Waals surface area contributed by atoms with Crippen LogP contribution in [0, 0.1) is 0 Å². The van der Waals surface area contributed by atoms with Crippen LogP contribution in [0.1, 0.15) is 24.3 Å². The van der Waals surface area contributed by atoms with Crippen LogP contribution in [-0.2, 0) is 0 Å². The summed E-state index contributed by atoms with van der Waals surface area (Å²) in [6.45, 7) is 2.18. The number of aromatic nitrogens is 1. The minimum atomic E-state index is 0.302. The van der Waals surface area contributed by atoms with Gasteiger partial charge < -0.3 is 11.1 Å². The molecule has 2 heterocycles. The second-order valence-electron chi connectivity index (χ2n) is 4.74. The molecule has 0 aliphatic heterocycles. The van der Waals surface area contributed by atoms with Crippen LogP contribution in [0.2, 0.25) is 0 Å². The summed E-state index contributed by atoms with van der Waals surface area (Å²) >= 11 is 1.77. The van der Waals surface area contributed by atoms with E-state index in [0.717, 1.165) is 28.6 Å². The monoisotopic (exact) mass is 283 g/mol. The zero-order valence-electron chi connectivity index (χ0n) is 11.3. The first kappa shape index (κ1) is 12.9. The van der Waals surface area contributed by atoms with Gasteiger partial charge in [0.1, 0.15) is 0 Å². The maximum absolute atomic E-state index is 6.29. The molecule has 4 heteroatoms. The standard InChI is InChI=1S/C16H17N3S/c1-2-13(15-4-3-9-20-15)19-14-6-5-11-10-18-8-7-12(11)16(14)17/h3-10,13,19H,2,17H2,1H3. The first-order chi connectivity index (χ1) is 9.79. The molecule has 20 heavy (non-hydrogen) atoms. The molecule has 0 saturated heterocycles. The Labute approximate surface area is 122 Å². The lowest BCUT2D eigenvalue weighted by Gasteiger charge is -2.19. The number of hydrogen-bond acceptors (Lipinski definition) is 4. The fourth-order valence-corrected chi connectivity index (χ4v) is 3.23. The molecule has 0 spiro atoms. The van der Waals surface area contributed by atoms with Crippen molar-refractivity contribution in [1.29, 1.82) is 0 Å². The van der Waals surface area contributed by atoms with Gasteiger partial charge in [0.25, 0.3) is 0 Å². The second kappa shape index (κ2) is 5.51. The number of nitrogens with one attached hydrogen (secondary N) is 1. The molecule has 3 nitrogen and oxygen atoms in total. The van der Waals surface area contributed by atoms with Crippen LogP contribution in [0.25, 0.3) is 10.8 Å². The van der Waals surface area contributed by atoms with Crippen LogP contribution in [-0.4, -0.2) is 4.98 Å². The molecule has 3 rings (SSSR count). The molecule has 0 aliphatic carbocycles.